The molecule has 0 aromatic heterocycles. The lowest BCUT2D eigenvalue weighted by atomic mass is 9.56. The number of benzene rings is 2. The average molecular weight is 621 g/mol. The van der Waals surface area contributed by atoms with Gasteiger partial charge in [-0.1, -0.05) is 114 Å². The van der Waals surface area contributed by atoms with Crippen LogP contribution in [0.5, 0.6) is 0 Å². The molecule has 0 saturated heterocycles. The third kappa shape index (κ3) is 5.18. The molecule has 0 aliphatic heterocycles. The Kier molecular flexibility index (Phi) is 8.23. The summed E-state index contributed by atoms with van der Waals surface area (Å²) in [5.41, 5.74) is 5.43. The molecule has 6 fully saturated rings. The van der Waals surface area contributed by atoms with Crippen molar-refractivity contribution in [3.05, 3.63) is 71.8 Å². The number of hydrogen-bond acceptors (Lipinski definition) is 0. The standard InChI is InChI=1S/C44H64Si/c1-27-17-19-35-33(21-27)25-39-37(41(35)31-13-9-7-10-14-31)23-29(3)43(39)45(5,6)44-30(4)24-38-40(44)26-34-22-28(2)18-20-36(34)42(38)32-15-11-8-12-16-32/h7-16,27-30,33-44H,17-26H2,1-6H3. The molecule has 0 nitrogen and oxygen atoms in total. The molecule has 8 rings (SSSR count). The van der Waals surface area contributed by atoms with Crippen LogP contribution in [0.25, 0.3) is 0 Å². The van der Waals surface area contributed by atoms with E-state index in [1.54, 1.807) is 24.0 Å². The Morgan fingerprint density at radius 2 is 0.844 bits per heavy atom. The smallest absolute Gasteiger partial charge is 0.0546 e. The van der Waals surface area contributed by atoms with Crippen molar-refractivity contribution in [2.45, 2.75) is 128 Å². The van der Waals surface area contributed by atoms with Crippen LogP contribution in [0, 0.1) is 71.0 Å². The summed E-state index contributed by atoms with van der Waals surface area (Å²) >= 11 is 0. The van der Waals surface area contributed by atoms with E-state index in [2.05, 4.69) is 101 Å². The lowest BCUT2D eigenvalue weighted by Gasteiger charge is -2.55. The summed E-state index contributed by atoms with van der Waals surface area (Å²) in [5.74, 6) is 12.9. The zero-order chi connectivity index (χ0) is 31.0. The van der Waals surface area contributed by atoms with Crippen molar-refractivity contribution in [2.75, 3.05) is 0 Å². The van der Waals surface area contributed by atoms with Crippen molar-refractivity contribution < 1.29 is 0 Å². The van der Waals surface area contributed by atoms with E-state index in [4.69, 9.17) is 0 Å². The maximum atomic E-state index is 2.96. The number of hydrogen-bond donors (Lipinski definition) is 0. The molecule has 6 saturated carbocycles. The van der Waals surface area contributed by atoms with Crippen LogP contribution < -0.4 is 0 Å². The van der Waals surface area contributed by atoms with Gasteiger partial charge in [0.2, 0.25) is 0 Å². The minimum absolute atomic E-state index is 0.815. The fourth-order valence-corrected chi connectivity index (χ4v) is 22.0. The molecule has 6 aliphatic carbocycles. The third-order valence-electron chi connectivity index (χ3n) is 16.2. The van der Waals surface area contributed by atoms with Crippen LogP contribution in [0.3, 0.4) is 0 Å². The van der Waals surface area contributed by atoms with Gasteiger partial charge in [0.05, 0.1) is 8.07 Å². The van der Waals surface area contributed by atoms with Crippen LogP contribution in [0.15, 0.2) is 60.7 Å². The van der Waals surface area contributed by atoms with Crippen LogP contribution in [0.1, 0.15) is 115 Å². The summed E-state index contributed by atoms with van der Waals surface area (Å²) in [6.45, 7) is 16.5. The highest BCUT2D eigenvalue weighted by molar-refractivity contribution is 6.80. The van der Waals surface area contributed by atoms with Gasteiger partial charge in [-0.3, -0.25) is 0 Å². The second-order valence-corrected chi connectivity index (χ2v) is 24.0. The maximum absolute atomic E-state index is 2.96. The normalized spacial score (nSPS) is 47.8. The summed E-state index contributed by atoms with van der Waals surface area (Å²) in [4.78, 5) is 0. The molecule has 0 spiro atoms. The maximum Gasteiger partial charge on any atom is 0.0546 e. The third-order valence-corrected chi connectivity index (χ3v) is 21.7. The van der Waals surface area contributed by atoms with Gasteiger partial charge in [-0.05, 0) is 156 Å². The van der Waals surface area contributed by atoms with Crippen molar-refractivity contribution in [3.63, 3.8) is 0 Å². The first kappa shape index (κ1) is 31.0. The zero-order valence-electron chi connectivity index (χ0n) is 29.6. The minimum atomic E-state index is -1.59. The van der Waals surface area contributed by atoms with Gasteiger partial charge in [0.25, 0.3) is 0 Å². The molecular weight excluding hydrogens is 557 g/mol. The van der Waals surface area contributed by atoms with Gasteiger partial charge in [0.1, 0.15) is 0 Å². The summed E-state index contributed by atoms with van der Waals surface area (Å²) < 4.78 is 0. The van der Waals surface area contributed by atoms with Crippen LogP contribution in [0.2, 0.25) is 24.2 Å². The lowest BCUT2D eigenvalue weighted by molar-refractivity contribution is 0.0445. The van der Waals surface area contributed by atoms with Gasteiger partial charge in [0, 0.05) is 0 Å². The fraction of sp³-hybridized carbons (Fsp3) is 0.727. The van der Waals surface area contributed by atoms with E-state index >= 15 is 0 Å². The summed E-state index contributed by atoms with van der Waals surface area (Å²) in [5, 5.41) is 0. The Hall–Kier alpha value is -1.34. The molecule has 2 aromatic carbocycles. The monoisotopic (exact) mass is 620 g/mol. The first-order chi connectivity index (χ1) is 21.7. The zero-order valence-corrected chi connectivity index (χ0v) is 30.6. The largest absolute Gasteiger partial charge is 0.0689 e. The first-order valence-electron chi connectivity index (χ1n) is 19.8. The molecule has 16 unspecified atom stereocenters. The van der Waals surface area contributed by atoms with Crippen LogP contribution in [-0.2, 0) is 0 Å². The highest BCUT2D eigenvalue weighted by Gasteiger charge is 2.63. The molecular formula is C44H64Si. The molecule has 0 bridgehead atoms. The first-order valence-corrected chi connectivity index (χ1v) is 23.0. The highest BCUT2D eigenvalue weighted by Crippen LogP contribution is 2.70. The topological polar surface area (TPSA) is 0 Å². The molecule has 45 heavy (non-hydrogen) atoms. The van der Waals surface area contributed by atoms with Crippen molar-refractivity contribution >= 4 is 8.07 Å². The molecule has 0 N–H and O–H groups in total. The van der Waals surface area contributed by atoms with E-state index in [0.29, 0.717) is 0 Å². The summed E-state index contributed by atoms with van der Waals surface area (Å²) in [6.07, 6.45) is 15.1. The van der Waals surface area contributed by atoms with E-state index in [9.17, 15) is 0 Å². The van der Waals surface area contributed by atoms with E-state index in [0.717, 1.165) is 93.9 Å². The van der Waals surface area contributed by atoms with Crippen molar-refractivity contribution in [2.24, 2.45) is 71.0 Å². The summed E-state index contributed by atoms with van der Waals surface area (Å²) in [6, 6.07) is 24.0. The van der Waals surface area contributed by atoms with E-state index in [1.807, 2.05) is 0 Å². The lowest BCUT2D eigenvalue weighted by Crippen LogP contribution is -2.50. The summed E-state index contributed by atoms with van der Waals surface area (Å²) in [7, 11) is -1.59. The second kappa shape index (κ2) is 12.0. The molecule has 2 aromatic rings. The van der Waals surface area contributed by atoms with Crippen LogP contribution in [0.4, 0.5) is 0 Å². The molecule has 0 heterocycles. The van der Waals surface area contributed by atoms with Gasteiger partial charge in [-0.15, -0.1) is 0 Å². The second-order valence-electron chi connectivity index (χ2n) is 19.0. The molecule has 0 amide bonds. The molecule has 1 heteroatoms. The molecule has 6 aliphatic rings. The van der Waals surface area contributed by atoms with Gasteiger partial charge in [0.15, 0.2) is 0 Å². The molecule has 0 radical (unpaired) electrons. The van der Waals surface area contributed by atoms with E-state index in [-0.39, 0.29) is 0 Å². The molecule has 244 valence electrons. The van der Waals surface area contributed by atoms with Gasteiger partial charge >= 0.3 is 0 Å². The predicted octanol–water partition coefficient (Wildman–Crippen LogP) is 12.5. The number of rotatable bonds is 4. The van der Waals surface area contributed by atoms with Crippen molar-refractivity contribution in [1.82, 2.24) is 0 Å². The van der Waals surface area contributed by atoms with Gasteiger partial charge < -0.3 is 0 Å². The fourth-order valence-electron chi connectivity index (χ4n) is 15.3. The SMILES string of the molecule is CC1CCC2C(C1)CC1C(CC(C)C1[Si](C)(C)C1C(C)CC3C1CC1CC(C)CCC1C3c1ccccc1)C2c1ccccc1. The Morgan fingerprint density at radius 3 is 1.24 bits per heavy atom. The van der Waals surface area contributed by atoms with E-state index < -0.39 is 8.07 Å². The average Bonchev–Trinajstić information content (AvgIpc) is 3.54. The Bertz CT molecular complexity index is 1200. The van der Waals surface area contributed by atoms with Crippen LogP contribution in [-0.4, -0.2) is 8.07 Å². The van der Waals surface area contributed by atoms with E-state index in [1.165, 1.54) is 51.4 Å². The highest BCUT2D eigenvalue weighted by atomic mass is 28.3. The Labute approximate surface area is 278 Å². The van der Waals surface area contributed by atoms with Crippen molar-refractivity contribution in [1.29, 1.82) is 0 Å². The Morgan fingerprint density at radius 1 is 0.444 bits per heavy atom. The quantitative estimate of drug-likeness (QED) is 0.298. The van der Waals surface area contributed by atoms with Crippen LogP contribution >= 0.6 is 0 Å². The molecule has 16 atom stereocenters. The van der Waals surface area contributed by atoms with Gasteiger partial charge in [-0.25, -0.2) is 0 Å². The van der Waals surface area contributed by atoms with Gasteiger partial charge in [-0.2, -0.15) is 0 Å². The van der Waals surface area contributed by atoms with Crippen molar-refractivity contribution in [3.8, 4) is 0 Å². The number of fused-ring (bicyclic) bond motifs is 4. The minimum Gasteiger partial charge on any atom is -0.0689 e. The Balaban J connectivity index is 1.14. The predicted molar refractivity (Wildman–Crippen MR) is 194 cm³/mol.